The molecule has 0 aliphatic rings. The van der Waals surface area contributed by atoms with E-state index in [0.29, 0.717) is 0 Å². The van der Waals surface area contributed by atoms with Gasteiger partial charge in [-0.15, -0.1) is 11.3 Å². The van der Waals surface area contributed by atoms with Gasteiger partial charge in [0.15, 0.2) is 0 Å². The van der Waals surface area contributed by atoms with E-state index in [2.05, 4.69) is 34.2 Å². The Morgan fingerprint density at radius 3 is 2.78 bits per heavy atom. The van der Waals surface area contributed by atoms with Crippen molar-refractivity contribution in [3.05, 3.63) is 43.5 Å². The minimum atomic E-state index is 0.746. The summed E-state index contributed by atoms with van der Waals surface area (Å²) < 4.78 is 7.21. The van der Waals surface area contributed by atoms with E-state index in [1.807, 2.05) is 18.2 Å². The standard InChI is InChI=1S/C13H13BrClNOS/c1-8-5-9(14)6-11(17-2)13(8)16-7-10-3-4-12(15)18-10/h3-6,16H,7H2,1-2H3. The fraction of sp³-hybridized carbons (Fsp3) is 0.231. The van der Waals surface area contributed by atoms with Crippen LogP contribution in [-0.4, -0.2) is 7.11 Å². The SMILES string of the molecule is COc1cc(Br)cc(C)c1NCc1ccc(Cl)s1. The average molecular weight is 347 g/mol. The summed E-state index contributed by atoms with van der Waals surface area (Å²) in [5.74, 6) is 0.838. The Balaban J connectivity index is 2.18. The van der Waals surface area contributed by atoms with Gasteiger partial charge >= 0.3 is 0 Å². The summed E-state index contributed by atoms with van der Waals surface area (Å²) in [7, 11) is 1.68. The molecule has 96 valence electrons. The molecule has 2 aromatic rings. The molecule has 1 heterocycles. The number of methoxy groups -OCH3 is 1. The van der Waals surface area contributed by atoms with Gasteiger partial charge in [-0.1, -0.05) is 27.5 Å². The Morgan fingerprint density at radius 1 is 1.39 bits per heavy atom. The highest BCUT2D eigenvalue weighted by Crippen LogP contribution is 2.33. The minimum absolute atomic E-state index is 0.746. The maximum atomic E-state index is 5.91. The van der Waals surface area contributed by atoms with E-state index in [1.54, 1.807) is 18.4 Å². The molecule has 0 saturated heterocycles. The second-order valence-corrected chi connectivity index (χ2v) is 6.57. The first-order valence-electron chi connectivity index (χ1n) is 5.42. The molecule has 0 aliphatic carbocycles. The number of nitrogens with one attached hydrogen (secondary N) is 1. The third kappa shape index (κ3) is 3.19. The zero-order chi connectivity index (χ0) is 13.1. The molecular weight excluding hydrogens is 334 g/mol. The number of hydrogen-bond donors (Lipinski definition) is 1. The van der Waals surface area contributed by atoms with Crippen LogP contribution in [0.15, 0.2) is 28.7 Å². The molecule has 0 atom stereocenters. The van der Waals surface area contributed by atoms with Gasteiger partial charge < -0.3 is 10.1 Å². The molecule has 0 radical (unpaired) electrons. The van der Waals surface area contributed by atoms with Crippen molar-refractivity contribution in [3.8, 4) is 5.75 Å². The Kier molecular flexibility index (Phi) is 4.54. The lowest BCUT2D eigenvalue weighted by Crippen LogP contribution is -2.02. The molecule has 0 aliphatic heterocycles. The summed E-state index contributed by atoms with van der Waals surface area (Å²) in [5.41, 5.74) is 2.16. The summed E-state index contributed by atoms with van der Waals surface area (Å²) in [4.78, 5) is 1.20. The lowest BCUT2D eigenvalue weighted by Gasteiger charge is -2.14. The van der Waals surface area contributed by atoms with E-state index in [1.165, 1.54) is 4.88 Å². The van der Waals surface area contributed by atoms with Gasteiger partial charge in [0, 0.05) is 15.9 Å². The Hall–Kier alpha value is -0.710. The molecule has 1 N–H and O–H groups in total. The minimum Gasteiger partial charge on any atom is -0.495 e. The molecule has 0 spiro atoms. The Morgan fingerprint density at radius 2 is 2.17 bits per heavy atom. The van der Waals surface area contributed by atoms with Crippen molar-refractivity contribution in [2.45, 2.75) is 13.5 Å². The van der Waals surface area contributed by atoms with Crippen molar-refractivity contribution in [2.75, 3.05) is 12.4 Å². The molecule has 18 heavy (non-hydrogen) atoms. The first kappa shape index (κ1) is 13.7. The normalized spacial score (nSPS) is 10.4. The van der Waals surface area contributed by atoms with E-state index >= 15 is 0 Å². The molecule has 1 aromatic heterocycles. The lowest BCUT2D eigenvalue weighted by atomic mass is 10.2. The molecule has 0 amide bonds. The number of halogens is 2. The predicted octanol–water partition coefficient (Wildman–Crippen LogP) is 5.09. The van der Waals surface area contributed by atoms with E-state index in [-0.39, 0.29) is 0 Å². The maximum Gasteiger partial charge on any atom is 0.143 e. The van der Waals surface area contributed by atoms with E-state index in [9.17, 15) is 0 Å². The van der Waals surface area contributed by atoms with Crippen molar-refractivity contribution in [1.29, 1.82) is 0 Å². The number of benzene rings is 1. The summed E-state index contributed by atoms with van der Waals surface area (Å²) >= 11 is 11.0. The molecule has 2 rings (SSSR count). The zero-order valence-corrected chi connectivity index (χ0v) is 13.2. The molecule has 0 fully saturated rings. The summed E-state index contributed by atoms with van der Waals surface area (Å²) in [6.45, 7) is 2.80. The van der Waals surface area contributed by atoms with Crippen LogP contribution in [0.25, 0.3) is 0 Å². The summed E-state index contributed by atoms with van der Waals surface area (Å²) in [5, 5.41) is 3.40. The fourth-order valence-electron chi connectivity index (χ4n) is 1.72. The van der Waals surface area contributed by atoms with Gasteiger partial charge in [0.1, 0.15) is 5.75 Å². The monoisotopic (exact) mass is 345 g/mol. The van der Waals surface area contributed by atoms with Gasteiger partial charge in [-0.05, 0) is 36.8 Å². The quantitative estimate of drug-likeness (QED) is 0.832. The van der Waals surface area contributed by atoms with Crippen LogP contribution in [0, 0.1) is 6.92 Å². The third-order valence-corrected chi connectivity index (χ3v) is 4.24. The van der Waals surface area contributed by atoms with Crippen LogP contribution in [-0.2, 0) is 6.54 Å². The van der Waals surface area contributed by atoms with Gasteiger partial charge in [0.25, 0.3) is 0 Å². The van der Waals surface area contributed by atoms with Gasteiger partial charge in [-0.2, -0.15) is 0 Å². The van der Waals surface area contributed by atoms with E-state index in [0.717, 1.165) is 32.4 Å². The van der Waals surface area contributed by atoms with Crippen LogP contribution in [0.1, 0.15) is 10.4 Å². The molecule has 1 aromatic carbocycles. The van der Waals surface area contributed by atoms with Crippen LogP contribution < -0.4 is 10.1 Å². The van der Waals surface area contributed by atoms with Crippen molar-refractivity contribution in [3.63, 3.8) is 0 Å². The van der Waals surface area contributed by atoms with Crippen LogP contribution in [0.2, 0.25) is 4.34 Å². The number of rotatable bonds is 4. The topological polar surface area (TPSA) is 21.3 Å². The number of aryl methyl sites for hydroxylation is 1. The van der Waals surface area contributed by atoms with Crippen LogP contribution >= 0.6 is 38.9 Å². The average Bonchev–Trinajstić information content (AvgIpc) is 2.73. The predicted molar refractivity (Wildman–Crippen MR) is 82.1 cm³/mol. The molecule has 2 nitrogen and oxygen atoms in total. The maximum absolute atomic E-state index is 5.91. The largest absolute Gasteiger partial charge is 0.495 e. The highest BCUT2D eigenvalue weighted by Gasteiger charge is 2.08. The number of anilines is 1. The molecular formula is C13H13BrClNOS. The third-order valence-electron chi connectivity index (χ3n) is 2.55. The van der Waals surface area contributed by atoms with Crippen molar-refractivity contribution < 1.29 is 4.74 Å². The number of thiophene rings is 1. The first-order chi connectivity index (χ1) is 8.60. The van der Waals surface area contributed by atoms with Gasteiger partial charge in [-0.3, -0.25) is 0 Å². The summed E-state index contributed by atoms with van der Waals surface area (Å²) in [6.07, 6.45) is 0. The molecule has 0 saturated carbocycles. The fourth-order valence-corrected chi connectivity index (χ4v) is 3.30. The van der Waals surface area contributed by atoms with E-state index in [4.69, 9.17) is 16.3 Å². The number of hydrogen-bond acceptors (Lipinski definition) is 3. The van der Waals surface area contributed by atoms with Crippen molar-refractivity contribution >= 4 is 44.6 Å². The second-order valence-electron chi connectivity index (χ2n) is 3.86. The lowest BCUT2D eigenvalue weighted by molar-refractivity contribution is 0.416. The number of ether oxygens (including phenoxy) is 1. The van der Waals surface area contributed by atoms with Gasteiger partial charge in [0.05, 0.1) is 17.1 Å². The highest BCUT2D eigenvalue weighted by molar-refractivity contribution is 9.10. The van der Waals surface area contributed by atoms with Crippen molar-refractivity contribution in [1.82, 2.24) is 0 Å². The van der Waals surface area contributed by atoms with Crippen LogP contribution in [0.3, 0.4) is 0 Å². The molecule has 0 bridgehead atoms. The van der Waals surface area contributed by atoms with Crippen molar-refractivity contribution in [2.24, 2.45) is 0 Å². The second kappa shape index (κ2) is 5.95. The Labute approximate surface area is 124 Å². The zero-order valence-electron chi connectivity index (χ0n) is 10.1. The first-order valence-corrected chi connectivity index (χ1v) is 7.41. The smallest absolute Gasteiger partial charge is 0.143 e. The van der Waals surface area contributed by atoms with Gasteiger partial charge in [0.2, 0.25) is 0 Å². The van der Waals surface area contributed by atoms with Crippen LogP contribution in [0.5, 0.6) is 5.75 Å². The van der Waals surface area contributed by atoms with Crippen LogP contribution in [0.4, 0.5) is 5.69 Å². The Bertz CT molecular complexity index is 556. The van der Waals surface area contributed by atoms with E-state index < -0.39 is 0 Å². The summed E-state index contributed by atoms with van der Waals surface area (Å²) in [6, 6.07) is 7.96. The molecule has 5 heteroatoms. The highest BCUT2D eigenvalue weighted by atomic mass is 79.9. The molecule has 0 unspecified atom stereocenters. The van der Waals surface area contributed by atoms with Gasteiger partial charge in [-0.25, -0.2) is 0 Å².